The summed E-state index contributed by atoms with van der Waals surface area (Å²) in [5, 5.41) is 0. The summed E-state index contributed by atoms with van der Waals surface area (Å²) in [4.78, 5) is 1.45. The summed E-state index contributed by atoms with van der Waals surface area (Å²) in [6.07, 6.45) is -2.11. The van der Waals surface area contributed by atoms with Crippen molar-refractivity contribution in [1.82, 2.24) is 4.90 Å². The van der Waals surface area contributed by atoms with Crippen molar-refractivity contribution in [2.45, 2.75) is 37.5 Å². The van der Waals surface area contributed by atoms with Gasteiger partial charge >= 0.3 is 6.18 Å². The minimum Gasteiger partial charge on any atom is -0.324 e. The first kappa shape index (κ1) is 15.3. The lowest BCUT2D eigenvalue weighted by molar-refractivity contribution is -0.147. The lowest BCUT2D eigenvalue weighted by Gasteiger charge is -2.24. The number of hydrogen-bond acceptors (Lipinski definition) is 2. The molecule has 2 N–H and O–H groups in total. The third-order valence-corrected chi connectivity index (χ3v) is 3.47. The Hall–Kier alpha value is -1.14. The van der Waals surface area contributed by atoms with Crippen LogP contribution in [-0.4, -0.2) is 30.2 Å². The molecule has 0 aromatic heterocycles. The van der Waals surface area contributed by atoms with Gasteiger partial charge in [0.15, 0.2) is 0 Å². The molecule has 20 heavy (non-hydrogen) atoms. The molecule has 1 aliphatic carbocycles. The third-order valence-electron chi connectivity index (χ3n) is 3.47. The largest absolute Gasteiger partial charge is 0.401 e. The van der Waals surface area contributed by atoms with Crippen LogP contribution in [0.3, 0.4) is 0 Å². The Bertz CT molecular complexity index is 426. The van der Waals surface area contributed by atoms with Gasteiger partial charge in [0.25, 0.3) is 0 Å². The van der Waals surface area contributed by atoms with Gasteiger partial charge in [-0.3, -0.25) is 4.90 Å². The standard InChI is InChI=1S/C14H18F4N2/c15-11-3-1-10(2-4-11)13(19)7-8-20(12-5-6-12)9-14(16,17)18/h1-4,12-13H,5-9,19H2. The molecule has 1 aromatic rings. The van der Waals surface area contributed by atoms with Crippen LogP contribution in [0.4, 0.5) is 17.6 Å². The van der Waals surface area contributed by atoms with Crippen molar-refractivity contribution in [3.05, 3.63) is 35.6 Å². The Morgan fingerprint density at radius 2 is 1.80 bits per heavy atom. The summed E-state index contributed by atoms with van der Waals surface area (Å²) in [6, 6.07) is 5.44. The molecule has 0 bridgehead atoms. The Morgan fingerprint density at radius 1 is 1.20 bits per heavy atom. The molecule has 112 valence electrons. The van der Waals surface area contributed by atoms with Crippen molar-refractivity contribution in [1.29, 1.82) is 0 Å². The zero-order valence-electron chi connectivity index (χ0n) is 11.0. The van der Waals surface area contributed by atoms with E-state index in [1.807, 2.05) is 0 Å². The van der Waals surface area contributed by atoms with E-state index >= 15 is 0 Å². The molecular weight excluding hydrogens is 272 g/mol. The minimum absolute atomic E-state index is 0.0389. The van der Waals surface area contributed by atoms with Crippen LogP contribution in [0.2, 0.25) is 0 Å². The maximum Gasteiger partial charge on any atom is 0.401 e. The monoisotopic (exact) mass is 290 g/mol. The van der Waals surface area contributed by atoms with Crippen LogP contribution in [0.15, 0.2) is 24.3 Å². The van der Waals surface area contributed by atoms with Crippen LogP contribution in [0.5, 0.6) is 0 Å². The predicted molar refractivity (Wildman–Crippen MR) is 68.6 cm³/mol. The Morgan fingerprint density at radius 3 is 2.30 bits per heavy atom. The number of nitrogens with two attached hydrogens (primary N) is 1. The summed E-state index contributed by atoms with van der Waals surface area (Å²) in [6.45, 7) is -0.573. The zero-order chi connectivity index (χ0) is 14.8. The van der Waals surface area contributed by atoms with E-state index in [4.69, 9.17) is 5.73 Å². The molecule has 0 aliphatic heterocycles. The first-order chi connectivity index (χ1) is 9.35. The lowest BCUT2D eigenvalue weighted by atomic mass is 10.0. The first-order valence-electron chi connectivity index (χ1n) is 6.67. The molecule has 6 heteroatoms. The third kappa shape index (κ3) is 4.76. The average Bonchev–Trinajstić information content (AvgIpc) is 3.17. The lowest BCUT2D eigenvalue weighted by Crippen LogP contribution is -2.37. The Kier molecular flexibility index (Phi) is 4.65. The summed E-state index contributed by atoms with van der Waals surface area (Å²) in [7, 11) is 0. The number of halogens is 4. The second-order valence-electron chi connectivity index (χ2n) is 5.26. The molecule has 1 atom stereocenters. The first-order valence-corrected chi connectivity index (χ1v) is 6.67. The van der Waals surface area contributed by atoms with Crippen molar-refractivity contribution in [2.24, 2.45) is 5.73 Å². The molecule has 2 nitrogen and oxygen atoms in total. The summed E-state index contributed by atoms with van der Waals surface area (Å²) >= 11 is 0. The smallest absolute Gasteiger partial charge is 0.324 e. The van der Waals surface area contributed by atoms with Gasteiger partial charge in [-0.1, -0.05) is 12.1 Å². The molecular formula is C14H18F4N2. The van der Waals surface area contributed by atoms with Crippen LogP contribution in [0, 0.1) is 5.82 Å². The van der Waals surface area contributed by atoms with E-state index in [0.29, 0.717) is 13.0 Å². The number of nitrogens with zero attached hydrogens (tertiary/aromatic N) is 1. The van der Waals surface area contributed by atoms with Crippen molar-refractivity contribution in [2.75, 3.05) is 13.1 Å². The molecule has 2 rings (SSSR count). The van der Waals surface area contributed by atoms with E-state index < -0.39 is 12.7 Å². The highest BCUT2D eigenvalue weighted by molar-refractivity contribution is 5.19. The van der Waals surface area contributed by atoms with E-state index in [1.165, 1.54) is 17.0 Å². The second-order valence-corrected chi connectivity index (χ2v) is 5.26. The molecule has 0 radical (unpaired) electrons. The van der Waals surface area contributed by atoms with Crippen LogP contribution in [0.1, 0.15) is 30.9 Å². The topological polar surface area (TPSA) is 29.3 Å². The van der Waals surface area contributed by atoms with Crippen LogP contribution in [-0.2, 0) is 0 Å². The van der Waals surface area contributed by atoms with Crippen molar-refractivity contribution in [3.8, 4) is 0 Å². The normalized spacial score (nSPS) is 17.5. The van der Waals surface area contributed by atoms with Gasteiger partial charge in [0, 0.05) is 18.6 Å². The maximum absolute atomic E-state index is 12.8. The fourth-order valence-electron chi connectivity index (χ4n) is 2.24. The van der Waals surface area contributed by atoms with Crippen LogP contribution in [0.25, 0.3) is 0 Å². The van der Waals surface area contributed by atoms with Gasteiger partial charge in [0.1, 0.15) is 5.82 Å². The number of hydrogen-bond donors (Lipinski definition) is 1. The second kappa shape index (κ2) is 6.10. The van der Waals surface area contributed by atoms with E-state index in [-0.39, 0.29) is 17.9 Å². The van der Waals surface area contributed by atoms with Crippen LogP contribution >= 0.6 is 0 Å². The van der Waals surface area contributed by atoms with Crippen molar-refractivity contribution < 1.29 is 17.6 Å². The van der Waals surface area contributed by atoms with Crippen molar-refractivity contribution >= 4 is 0 Å². The highest BCUT2D eigenvalue weighted by atomic mass is 19.4. The molecule has 1 unspecified atom stereocenters. The van der Waals surface area contributed by atoms with Crippen LogP contribution < -0.4 is 5.73 Å². The molecule has 0 saturated heterocycles. The predicted octanol–water partition coefficient (Wildman–Crippen LogP) is 3.24. The number of benzene rings is 1. The van der Waals surface area contributed by atoms with Gasteiger partial charge in [-0.25, -0.2) is 4.39 Å². The Balaban J connectivity index is 1.87. The minimum atomic E-state index is -4.18. The van der Waals surface area contributed by atoms with E-state index in [0.717, 1.165) is 18.4 Å². The van der Waals surface area contributed by atoms with Gasteiger partial charge in [-0.15, -0.1) is 0 Å². The summed E-state index contributed by atoms with van der Waals surface area (Å²) in [5.74, 6) is -0.349. The van der Waals surface area contributed by atoms with Gasteiger partial charge in [-0.2, -0.15) is 13.2 Å². The summed E-state index contributed by atoms with van der Waals surface area (Å²) in [5.41, 5.74) is 6.69. The van der Waals surface area contributed by atoms with Gasteiger partial charge < -0.3 is 5.73 Å². The van der Waals surface area contributed by atoms with Gasteiger partial charge in [-0.05, 0) is 37.0 Å². The number of rotatable bonds is 6. The average molecular weight is 290 g/mol. The molecule has 0 heterocycles. The highest BCUT2D eigenvalue weighted by Gasteiger charge is 2.37. The van der Waals surface area contributed by atoms with E-state index in [1.54, 1.807) is 12.1 Å². The fraction of sp³-hybridized carbons (Fsp3) is 0.571. The highest BCUT2D eigenvalue weighted by Crippen LogP contribution is 2.30. The fourth-order valence-corrected chi connectivity index (χ4v) is 2.24. The Labute approximate surface area is 115 Å². The van der Waals surface area contributed by atoms with E-state index in [2.05, 4.69) is 0 Å². The molecule has 1 aromatic carbocycles. The molecule has 1 aliphatic rings. The van der Waals surface area contributed by atoms with E-state index in [9.17, 15) is 17.6 Å². The molecule has 1 saturated carbocycles. The molecule has 0 spiro atoms. The van der Waals surface area contributed by atoms with Gasteiger partial charge in [0.2, 0.25) is 0 Å². The number of alkyl halides is 3. The maximum atomic E-state index is 12.8. The zero-order valence-corrected chi connectivity index (χ0v) is 11.0. The SMILES string of the molecule is NC(CCN(CC(F)(F)F)C1CC1)c1ccc(F)cc1. The van der Waals surface area contributed by atoms with Gasteiger partial charge in [0.05, 0.1) is 6.54 Å². The molecule has 1 fully saturated rings. The quantitative estimate of drug-likeness (QED) is 0.815. The van der Waals surface area contributed by atoms with Crippen molar-refractivity contribution in [3.63, 3.8) is 0 Å². The summed E-state index contributed by atoms with van der Waals surface area (Å²) < 4.78 is 50.2. The molecule has 0 amide bonds.